The monoisotopic (exact) mass is 379 g/mol. The van der Waals surface area contributed by atoms with Crippen molar-refractivity contribution in [2.45, 2.75) is 31.7 Å². The molecule has 2 amide bonds. The second-order valence-electron chi connectivity index (χ2n) is 7.46. The molecule has 2 aromatic rings. The minimum Gasteiger partial charge on any atom is -0.341 e. The van der Waals surface area contributed by atoms with E-state index in [2.05, 4.69) is 29.6 Å². The Morgan fingerprint density at radius 2 is 1.54 bits per heavy atom. The molecular weight excluding hydrogens is 350 g/mol. The van der Waals surface area contributed by atoms with Crippen LogP contribution in [0.25, 0.3) is 0 Å². The lowest BCUT2D eigenvalue weighted by molar-refractivity contribution is -0.137. The van der Waals surface area contributed by atoms with Gasteiger partial charge in [-0.25, -0.2) is 0 Å². The van der Waals surface area contributed by atoms with Gasteiger partial charge >= 0.3 is 0 Å². The third kappa shape index (κ3) is 4.78. The number of amides is 2. The normalized spacial score (nSPS) is 17.0. The van der Waals surface area contributed by atoms with E-state index in [4.69, 9.17) is 5.73 Å². The van der Waals surface area contributed by atoms with E-state index in [1.165, 1.54) is 12.5 Å². The van der Waals surface area contributed by atoms with E-state index in [9.17, 15) is 9.59 Å². The molecule has 0 aliphatic carbocycles. The quantitative estimate of drug-likeness (QED) is 0.810. The third-order valence-corrected chi connectivity index (χ3v) is 5.63. The Morgan fingerprint density at radius 3 is 2.04 bits per heavy atom. The SMILES string of the molecule is CC(=O)NC(C(=O)N1CCC(C(CN)c2ccccc2)CC1)c1ccccc1. The molecular formula is C23H29N3O2. The van der Waals surface area contributed by atoms with E-state index >= 15 is 0 Å². The van der Waals surface area contributed by atoms with Crippen LogP contribution >= 0.6 is 0 Å². The van der Waals surface area contributed by atoms with Gasteiger partial charge in [-0.1, -0.05) is 60.7 Å². The van der Waals surface area contributed by atoms with Crippen LogP contribution in [0.2, 0.25) is 0 Å². The second-order valence-corrected chi connectivity index (χ2v) is 7.46. The number of benzene rings is 2. The van der Waals surface area contributed by atoms with Gasteiger partial charge in [-0.2, -0.15) is 0 Å². The first-order chi connectivity index (χ1) is 13.6. The molecule has 28 heavy (non-hydrogen) atoms. The maximum absolute atomic E-state index is 13.1. The molecule has 1 saturated heterocycles. The Hall–Kier alpha value is -2.66. The van der Waals surface area contributed by atoms with Gasteiger partial charge in [0.1, 0.15) is 6.04 Å². The first-order valence-electron chi connectivity index (χ1n) is 9.96. The molecule has 1 heterocycles. The molecule has 0 saturated carbocycles. The van der Waals surface area contributed by atoms with Crippen molar-refractivity contribution in [2.24, 2.45) is 11.7 Å². The third-order valence-electron chi connectivity index (χ3n) is 5.63. The number of nitrogens with one attached hydrogen (secondary N) is 1. The Balaban J connectivity index is 1.67. The van der Waals surface area contributed by atoms with Crippen molar-refractivity contribution in [2.75, 3.05) is 19.6 Å². The lowest BCUT2D eigenvalue weighted by atomic mass is 9.80. The maximum Gasteiger partial charge on any atom is 0.249 e. The van der Waals surface area contributed by atoms with Crippen LogP contribution in [-0.2, 0) is 9.59 Å². The molecule has 5 nitrogen and oxygen atoms in total. The number of hydrogen-bond donors (Lipinski definition) is 2. The molecule has 2 aromatic carbocycles. The zero-order valence-electron chi connectivity index (χ0n) is 16.4. The van der Waals surface area contributed by atoms with Crippen molar-refractivity contribution >= 4 is 11.8 Å². The lowest BCUT2D eigenvalue weighted by Crippen LogP contribution is -2.46. The molecule has 1 aliphatic heterocycles. The first kappa shape index (κ1) is 20.1. The summed E-state index contributed by atoms with van der Waals surface area (Å²) in [4.78, 5) is 26.7. The summed E-state index contributed by atoms with van der Waals surface area (Å²) in [6.45, 7) is 3.44. The van der Waals surface area contributed by atoms with Gasteiger partial charge in [0.15, 0.2) is 0 Å². The summed E-state index contributed by atoms with van der Waals surface area (Å²) in [5.74, 6) is 0.541. The van der Waals surface area contributed by atoms with E-state index in [1.807, 2.05) is 41.3 Å². The highest BCUT2D eigenvalue weighted by molar-refractivity contribution is 5.88. The van der Waals surface area contributed by atoms with Crippen molar-refractivity contribution in [3.8, 4) is 0 Å². The van der Waals surface area contributed by atoms with Crippen LogP contribution in [0.3, 0.4) is 0 Å². The molecule has 3 rings (SSSR count). The van der Waals surface area contributed by atoms with Crippen molar-refractivity contribution in [1.82, 2.24) is 10.2 Å². The fourth-order valence-corrected chi connectivity index (χ4v) is 4.14. The first-order valence-corrected chi connectivity index (χ1v) is 9.96. The number of piperidine rings is 1. The molecule has 0 radical (unpaired) electrons. The molecule has 2 unspecified atom stereocenters. The lowest BCUT2D eigenvalue weighted by Gasteiger charge is -2.37. The summed E-state index contributed by atoms with van der Waals surface area (Å²) in [5.41, 5.74) is 8.17. The minimum atomic E-state index is -0.630. The molecule has 3 N–H and O–H groups in total. The number of rotatable bonds is 6. The Morgan fingerprint density at radius 1 is 1.00 bits per heavy atom. The van der Waals surface area contributed by atoms with Crippen LogP contribution in [-0.4, -0.2) is 36.3 Å². The van der Waals surface area contributed by atoms with Crippen molar-refractivity contribution in [3.05, 3.63) is 71.8 Å². The summed E-state index contributed by atoms with van der Waals surface area (Å²) in [6.07, 6.45) is 1.84. The molecule has 1 aliphatic rings. The van der Waals surface area contributed by atoms with Gasteiger partial charge in [-0.15, -0.1) is 0 Å². The van der Waals surface area contributed by atoms with Crippen LogP contribution in [0.15, 0.2) is 60.7 Å². The summed E-state index contributed by atoms with van der Waals surface area (Å²) in [7, 11) is 0. The van der Waals surface area contributed by atoms with E-state index in [1.54, 1.807) is 0 Å². The average molecular weight is 380 g/mol. The van der Waals surface area contributed by atoms with Gasteiger partial charge in [0.05, 0.1) is 0 Å². The van der Waals surface area contributed by atoms with E-state index in [0.29, 0.717) is 31.5 Å². The Kier molecular flexibility index (Phi) is 6.82. The predicted octanol–water partition coefficient (Wildman–Crippen LogP) is 2.84. The molecule has 2 atom stereocenters. The minimum absolute atomic E-state index is 0.0381. The fourth-order valence-electron chi connectivity index (χ4n) is 4.14. The topological polar surface area (TPSA) is 75.4 Å². The second kappa shape index (κ2) is 9.51. The molecule has 0 spiro atoms. The Labute approximate surface area is 166 Å². The van der Waals surface area contributed by atoms with Crippen molar-refractivity contribution < 1.29 is 9.59 Å². The summed E-state index contributed by atoms with van der Waals surface area (Å²) >= 11 is 0. The molecule has 1 fully saturated rings. The van der Waals surface area contributed by atoms with Crippen LogP contribution < -0.4 is 11.1 Å². The highest BCUT2D eigenvalue weighted by Crippen LogP contribution is 2.32. The van der Waals surface area contributed by atoms with E-state index < -0.39 is 6.04 Å². The van der Waals surface area contributed by atoms with Crippen LogP contribution in [0.4, 0.5) is 0 Å². The number of hydrogen-bond acceptors (Lipinski definition) is 3. The molecule has 0 aromatic heterocycles. The zero-order chi connectivity index (χ0) is 19.9. The fraction of sp³-hybridized carbons (Fsp3) is 0.391. The van der Waals surface area contributed by atoms with Gasteiger partial charge in [-0.05, 0) is 42.3 Å². The Bertz CT molecular complexity index is 771. The summed E-state index contributed by atoms with van der Waals surface area (Å²) in [6, 6.07) is 19.2. The van der Waals surface area contributed by atoms with Crippen molar-refractivity contribution in [3.63, 3.8) is 0 Å². The van der Waals surface area contributed by atoms with Gasteiger partial charge in [-0.3, -0.25) is 9.59 Å². The number of likely N-dealkylation sites (tertiary alicyclic amines) is 1. The zero-order valence-corrected chi connectivity index (χ0v) is 16.4. The van der Waals surface area contributed by atoms with E-state index in [-0.39, 0.29) is 11.8 Å². The molecule has 148 valence electrons. The van der Waals surface area contributed by atoms with Crippen LogP contribution in [0.1, 0.15) is 42.9 Å². The molecule has 5 heteroatoms. The number of nitrogens with two attached hydrogens (primary N) is 1. The van der Waals surface area contributed by atoms with Gasteiger partial charge in [0.25, 0.3) is 0 Å². The highest BCUT2D eigenvalue weighted by Gasteiger charge is 2.32. The van der Waals surface area contributed by atoms with Crippen LogP contribution in [0.5, 0.6) is 0 Å². The number of nitrogens with zero attached hydrogens (tertiary/aromatic N) is 1. The number of carbonyl (C=O) groups is 2. The van der Waals surface area contributed by atoms with Gasteiger partial charge in [0, 0.05) is 20.0 Å². The van der Waals surface area contributed by atoms with Gasteiger partial charge in [0.2, 0.25) is 11.8 Å². The number of carbonyl (C=O) groups excluding carboxylic acids is 2. The molecule has 0 bridgehead atoms. The predicted molar refractivity (Wildman–Crippen MR) is 111 cm³/mol. The smallest absolute Gasteiger partial charge is 0.249 e. The van der Waals surface area contributed by atoms with E-state index in [0.717, 1.165) is 18.4 Å². The van der Waals surface area contributed by atoms with Crippen LogP contribution in [0, 0.1) is 5.92 Å². The van der Waals surface area contributed by atoms with Crippen molar-refractivity contribution in [1.29, 1.82) is 0 Å². The summed E-state index contributed by atoms with van der Waals surface area (Å²) < 4.78 is 0. The largest absolute Gasteiger partial charge is 0.341 e. The summed E-state index contributed by atoms with van der Waals surface area (Å²) in [5, 5.41) is 2.81. The highest BCUT2D eigenvalue weighted by atomic mass is 16.2. The average Bonchev–Trinajstić information content (AvgIpc) is 2.74. The standard InChI is InChI=1S/C23H29N3O2/c1-17(27)25-22(20-10-6-3-7-11-20)23(28)26-14-12-19(13-15-26)21(16-24)18-8-4-2-5-9-18/h2-11,19,21-22H,12-16,24H2,1H3,(H,25,27). The van der Waals surface area contributed by atoms with Gasteiger partial charge < -0.3 is 16.0 Å². The maximum atomic E-state index is 13.1.